The lowest BCUT2D eigenvalue weighted by molar-refractivity contribution is -0.149. The minimum absolute atomic E-state index is 0.0915. The van der Waals surface area contributed by atoms with Crippen LogP contribution in [0.15, 0.2) is 0 Å². The van der Waals surface area contributed by atoms with E-state index in [0.29, 0.717) is 13.1 Å². The van der Waals surface area contributed by atoms with Gasteiger partial charge in [0.25, 0.3) is 0 Å². The summed E-state index contributed by atoms with van der Waals surface area (Å²) in [5, 5.41) is 8.65. The molecular weight excluding hydrogens is 236 g/mol. The van der Waals surface area contributed by atoms with E-state index in [9.17, 15) is 9.59 Å². The van der Waals surface area contributed by atoms with Gasteiger partial charge in [-0.2, -0.15) is 0 Å². The van der Waals surface area contributed by atoms with Crippen molar-refractivity contribution in [3.63, 3.8) is 0 Å². The highest BCUT2D eigenvalue weighted by Gasteiger charge is 2.53. The molecule has 0 unspecified atom stereocenters. The topological polar surface area (TPSA) is 70.1 Å². The number of carbonyl (C=O) groups is 2. The first kappa shape index (κ1) is 13.1. The van der Waals surface area contributed by atoms with Crippen molar-refractivity contribution in [3.05, 3.63) is 0 Å². The zero-order valence-electron chi connectivity index (χ0n) is 11.1. The Morgan fingerprint density at radius 3 is 2.22 bits per heavy atom. The van der Waals surface area contributed by atoms with Gasteiger partial charge in [0.15, 0.2) is 0 Å². The van der Waals surface area contributed by atoms with E-state index in [1.165, 1.54) is 0 Å². The van der Waals surface area contributed by atoms with E-state index in [-0.39, 0.29) is 18.1 Å². The average molecular weight is 256 g/mol. The second-order valence-electron chi connectivity index (χ2n) is 6.38. The van der Waals surface area contributed by atoms with Gasteiger partial charge in [0.2, 0.25) is 0 Å². The number of nitrogens with zero attached hydrogens (tertiary/aromatic N) is 2. The van der Waals surface area contributed by atoms with Gasteiger partial charge in [0.05, 0.1) is 6.54 Å². The van der Waals surface area contributed by atoms with Crippen molar-refractivity contribution < 1.29 is 19.4 Å². The molecule has 0 aromatic carbocycles. The van der Waals surface area contributed by atoms with Crippen molar-refractivity contribution in [2.75, 3.05) is 32.7 Å². The minimum Gasteiger partial charge on any atom is -0.480 e. The molecule has 2 aliphatic rings. The number of rotatable bonds is 2. The normalized spacial score (nSPS) is 22.3. The van der Waals surface area contributed by atoms with E-state index in [4.69, 9.17) is 9.84 Å². The van der Waals surface area contributed by atoms with Crippen LogP contribution in [0.25, 0.3) is 0 Å². The SMILES string of the molecule is CC(C)(C)OC(=O)N1CC2(CN(CC(=O)O)C2)C1. The molecule has 6 heteroatoms. The third-order valence-corrected chi connectivity index (χ3v) is 3.18. The summed E-state index contributed by atoms with van der Waals surface area (Å²) in [5.74, 6) is -0.798. The number of hydrogen-bond acceptors (Lipinski definition) is 4. The summed E-state index contributed by atoms with van der Waals surface area (Å²) in [5.41, 5.74) is -0.346. The average Bonchev–Trinajstić information content (AvgIpc) is 2.02. The summed E-state index contributed by atoms with van der Waals surface area (Å²) < 4.78 is 5.27. The summed E-state index contributed by atoms with van der Waals surface area (Å²) in [7, 11) is 0. The predicted octanol–water partition coefficient (Wildman–Crippen LogP) is 0.624. The van der Waals surface area contributed by atoms with Gasteiger partial charge >= 0.3 is 12.1 Å². The van der Waals surface area contributed by atoms with Gasteiger partial charge in [-0.15, -0.1) is 0 Å². The Labute approximate surface area is 106 Å². The molecule has 1 N–H and O–H groups in total. The molecular formula is C12H20N2O4. The number of carbonyl (C=O) groups excluding carboxylic acids is 1. The first-order chi connectivity index (χ1) is 8.19. The Balaban J connectivity index is 1.72. The molecule has 2 saturated heterocycles. The van der Waals surface area contributed by atoms with Gasteiger partial charge in [0, 0.05) is 31.6 Å². The standard InChI is InChI=1S/C12H20N2O4/c1-11(2,3)18-10(17)14-7-12(8-14)5-13(6-12)4-9(15)16/h4-8H2,1-3H3,(H,15,16). The number of hydrogen-bond donors (Lipinski definition) is 1. The Hall–Kier alpha value is -1.30. The Morgan fingerprint density at radius 2 is 1.78 bits per heavy atom. The number of carboxylic acids is 1. The van der Waals surface area contributed by atoms with Crippen molar-refractivity contribution in [1.82, 2.24) is 9.80 Å². The molecule has 102 valence electrons. The summed E-state index contributed by atoms with van der Waals surface area (Å²) >= 11 is 0. The van der Waals surface area contributed by atoms with Crippen LogP contribution in [0.1, 0.15) is 20.8 Å². The van der Waals surface area contributed by atoms with Crippen molar-refractivity contribution >= 4 is 12.1 Å². The zero-order chi connectivity index (χ0) is 13.6. The lowest BCUT2D eigenvalue weighted by Crippen LogP contribution is -2.73. The lowest BCUT2D eigenvalue weighted by atomic mass is 9.73. The second kappa shape index (κ2) is 4.12. The van der Waals surface area contributed by atoms with E-state index in [0.717, 1.165) is 13.1 Å². The van der Waals surface area contributed by atoms with E-state index in [1.54, 1.807) is 4.90 Å². The maximum Gasteiger partial charge on any atom is 0.410 e. The van der Waals surface area contributed by atoms with E-state index in [1.807, 2.05) is 25.7 Å². The minimum atomic E-state index is -0.798. The van der Waals surface area contributed by atoms with Crippen LogP contribution in [-0.2, 0) is 9.53 Å². The van der Waals surface area contributed by atoms with E-state index < -0.39 is 11.6 Å². The van der Waals surface area contributed by atoms with Gasteiger partial charge in [-0.25, -0.2) is 4.79 Å². The molecule has 0 aliphatic carbocycles. The first-order valence-electron chi connectivity index (χ1n) is 6.11. The highest BCUT2D eigenvalue weighted by Crippen LogP contribution is 2.39. The lowest BCUT2D eigenvalue weighted by Gasteiger charge is -2.59. The third kappa shape index (κ3) is 2.75. The molecule has 0 bridgehead atoms. The van der Waals surface area contributed by atoms with Gasteiger partial charge in [0.1, 0.15) is 5.60 Å². The maximum atomic E-state index is 11.7. The summed E-state index contributed by atoms with van der Waals surface area (Å²) in [4.78, 5) is 25.8. The molecule has 2 fully saturated rings. The highest BCUT2D eigenvalue weighted by molar-refractivity contribution is 5.70. The number of likely N-dealkylation sites (tertiary alicyclic amines) is 2. The van der Waals surface area contributed by atoms with E-state index in [2.05, 4.69) is 0 Å². The first-order valence-corrected chi connectivity index (χ1v) is 6.11. The number of ether oxygens (including phenoxy) is 1. The smallest absolute Gasteiger partial charge is 0.410 e. The molecule has 0 saturated carbocycles. The Morgan fingerprint density at radius 1 is 1.22 bits per heavy atom. The summed E-state index contributed by atoms with van der Waals surface area (Å²) in [6.07, 6.45) is -0.273. The van der Waals surface area contributed by atoms with Gasteiger partial charge in [-0.05, 0) is 20.8 Å². The van der Waals surface area contributed by atoms with Gasteiger partial charge < -0.3 is 14.7 Å². The molecule has 2 rings (SSSR count). The Kier molecular flexibility index (Phi) is 3.01. The molecule has 18 heavy (non-hydrogen) atoms. The maximum absolute atomic E-state index is 11.7. The van der Waals surface area contributed by atoms with Gasteiger partial charge in [-0.3, -0.25) is 9.69 Å². The zero-order valence-corrected chi connectivity index (χ0v) is 11.1. The highest BCUT2D eigenvalue weighted by atomic mass is 16.6. The number of aliphatic carboxylic acids is 1. The number of amides is 1. The fraction of sp³-hybridized carbons (Fsp3) is 0.833. The van der Waals surface area contributed by atoms with Crippen molar-refractivity contribution in [1.29, 1.82) is 0 Å². The molecule has 2 aliphatic heterocycles. The van der Waals surface area contributed by atoms with Crippen LogP contribution >= 0.6 is 0 Å². The largest absolute Gasteiger partial charge is 0.480 e. The van der Waals surface area contributed by atoms with Gasteiger partial charge in [-0.1, -0.05) is 0 Å². The van der Waals surface area contributed by atoms with Crippen LogP contribution in [-0.4, -0.2) is 65.3 Å². The van der Waals surface area contributed by atoms with Crippen molar-refractivity contribution in [3.8, 4) is 0 Å². The quantitative estimate of drug-likeness (QED) is 0.784. The van der Waals surface area contributed by atoms with E-state index >= 15 is 0 Å². The summed E-state index contributed by atoms with van der Waals surface area (Å²) in [6, 6.07) is 0. The second-order valence-corrected chi connectivity index (χ2v) is 6.38. The fourth-order valence-electron chi connectivity index (χ4n) is 2.62. The molecule has 6 nitrogen and oxygen atoms in total. The summed E-state index contributed by atoms with van der Waals surface area (Å²) in [6.45, 7) is 8.51. The van der Waals surface area contributed by atoms with Crippen LogP contribution in [0.4, 0.5) is 4.79 Å². The molecule has 1 amide bonds. The molecule has 1 spiro atoms. The van der Waals surface area contributed by atoms with Crippen LogP contribution in [0.2, 0.25) is 0 Å². The monoisotopic (exact) mass is 256 g/mol. The van der Waals surface area contributed by atoms with Crippen molar-refractivity contribution in [2.45, 2.75) is 26.4 Å². The molecule has 0 radical (unpaired) electrons. The predicted molar refractivity (Wildman–Crippen MR) is 64.3 cm³/mol. The molecule has 0 atom stereocenters. The number of carboxylic acid groups (broad SMARTS) is 1. The van der Waals surface area contributed by atoms with Crippen LogP contribution in [0.5, 0.6) is 0 Å². The van der Waals surface area contributed by atoms with Crippen LogP contribution < -0.4 is 0 Å². The van der Waals surface area contributed by atoms with Crippen LogP contribution in [0, 0.1) is 5.41 Å². The Bertz CT molecular complexity index is 361. The van der Waals surface area contributed by atoms with Crippen molar-refractivity contribution in [2.24, 2.45) is 5.41 Å². The van der Waals surface area contributed by atoms with Crippen LogP contribution in [0.3, 0.4) is 0 Å². The molecule has 0 aromatic rings. The molecule has 0 aromatic heterocycles. The fourth-order valence-corrected chi connectivity index (χ4v) is 2.62. The third-order valence-electron chi connectivity index (χ3n) is 3.18. The molecule has 2 heterocycles.